The number of anilines is 1. The average molecular weight is 490 g/mol. The molecule has 0 aliphatic carbocycles. The van der Waals surface area contributed by atoms with Gasteiger partial charge in [-0.1, -0.05) is 44.2 Å². The van der Waals surface area contributed by atoms with Gasteiger partial charge in [-0.05, 0) is 50.2 Å². The molecule has 1 amide bonds. The van der Waals surface area contributed by atoms with Crippen LogP contribution in [0.2, 0.25) is 0 Å². The number of aromatic nitrogens is 1. The Morgan fingerprint density at radius 2 is 1.67 bits per heavy atom. The van der Waals surface area contributed by atoms with Crippen LogP contribution in [0.4, 0.5) is 5.13 Å². The highest BCUT2D eigenvalue weighted by atomic mass is 35.5. The Bertz CT molecular complexity index is 1060. The number of ether oxygens (including phenoxy) is 2. The van der Waals surface area contributed by atoms with Crippen molar-refractivity contribution < 1.29 is 14.3 Å². The van der Waals surface area contributed by atoms with Gasteiger partial charge in [-0.3, -0.25) is 9.69 Å². The van der Waals surface area contributed by atoms with Crippen molar-refractivity contribution >= 4 is 45.0 Å². The molecule has 0 radical (unpaired) electrons. The first-order valence-electron chi connectivity index (χ1n) is 11.0. The maximum Gasteiger partial charge on any atom is 0.260 e. The van der Waals surface area contributed by atoms with Crippen LogP contribution in [0.15, 0.2) is 36.4 Å². The van der Waals surface area contributed by atoms with E-state index >= 15 is 0 Å². The van der Waals surface area contributed by atoms with Gasteiger partial charge in [0.25, 0.3) is 5.91 Å². The number of carbonyl (C=O) groups is 1. The number of carbonyl (C=O) groups excluding carboxylic acids is 1. The zero-order valence-corrected chi connectivity index (χ0v) is 21.5. The standard InChI is InChI=1S/C25H31N3O3S.ClH/c1-25(2,3)18-9-7-17(8-10-18)23(29)28(12-6-11-27(4)5)24-26-19-15-20-21(16-22(19)32-24)31-14-13-30-20;/h7-10,15-16H,6,11-14H2,1-5H3;1H. The van der Waals surface area contributed by atoms with Gasteiger partial charge in [0.15, 0.2) is 16.6 Å². The lowest BCUT2D eigenvalue weighted by molar-refractivity contribution is 0.0986. The fourth-order valence-electron chi connectivity index (χ4n) is 3.67. The summed E-state index contributed by atoms with van der Waals surface area (Å²) in [6.45, 7) is 9.10. The van der Waals surface area contributed by atoms with Crippen LogP contribution in [0.3, 0.4) is 0 Å². The molecule has 3 aromatic rings. The highest BCUT2D eigenvalue weighted by molar-refractivity contribution is 7.22. The van der Waals surface area contributed by atoms with Crippen molar-refractivity contribution in [2.75, 3.05) is 45.3 Å². The van der Waals surface area contributed by atoms with Crippen molar-refractivity contribution in [2.45, 2.75) is 32.6 Å². The second-order valence-corrected chi connectivity index (χ2v) is 10.4. The molecule has 1 aromatic heterocycles. The molecule has 6 nitrogen and oxygen atoms in total. The largest absolute Gasteiger partial charge is 0.486 e. The molecule has 2 aromatic carbocycles. The summed E-state index contributed by atoms with van der Waals surface area (Å²) >= 11 is 1.51. The fourth-order valence-corrected chi connectivity index (χ4v) is 4.67. The average Bonchev–Trinajstić information content (AvgIpc) is 3.16. The van der Waals surface area contributed by atoms with Gasteiger partial charge in [0, 0.05) is 24.2 Å². The minimum atomic E-state index is -0.0273. The Morgan fingerprint density at radius 3 is 2.27 bits per heavy atom. The molecule has 178 valence electrons. The molecular weight excluding hydrogens is 458 g/mol. The van der Waals surface area contributed by atoms with E-state index in [1.807, 2.05) is 50.5 Å². The molecule has 0 bridgehead atoms. The summed E-state index contributed by atoms with van der Waals surface area (Å²) in [5.74, 6) is 1.42. The van der Waals surface area contributed by atoms with Crippen LogP contribution in [-0.4, -0.2) is 56.2 Å². The Balaban J connectivity index is 0.00000306. The second-order valence-electron chi connectivity index (χ2n) is 9.40. The first-order valence-corrected chi connectivity index (χ1v) is 11.8. The van der Waals surface area contributed by atoms with Crippen LogP contribution in [0, 0.1) is 0 Å². The molecular formula is C25H32ClN3O3S. The Kier molecular flexibility index (Phi) is 7.88. The SMILES string of the molecule is CN(C)CCCN(C(=O)c1ccc(C(C)(C)C)cc1)c1nc2cc3c(cc2s1)OCCO3.Cl. The van der Waals surface area contributed by atoms with Crippen molar-refractivity contribution in [1.29, 1.82) is 0 Å². The third kappa shape index (κ3) is 5.78. The molecule has 0 saturated carbocycles. The third-order valence-corrected chi connectivity index (χ3v) is 6.54. The first-order chi connectivity index (χ1) is 15.2. The number of hydrogen-bond acceptors (Lipinski definition) is 6. The monoisotopic (exact) mass is 489 g/mol. The number of benzene rings is 2. The predicted octanol–water partition coefficient (Wildman–Crippen LogP) is 5.39. The Hall–Kier alpha value is -2.35. The summed E-state index contributed by atoms with van der Waals surface area (Å²) < 4.78 is 12.4. The van der Waals surface area contributed by atoms with Crippen molar-refractivity contribution in [3.8, 4) is 11.5 Å². The van der Waals surface area contributed by atoms with E-state index in [1.165, 1.54) is 16.9 Å². The zero-order chi connectivity index (χ0) is 22.9. The summed E-state index contributed by atoms with van der Waals surface area (Å²) in [6, 6.07) is 11.8. The van der Waals surface area contributed by atoms with Crippen LogP contribution in [-0.2, 0) is 5.41 Å². The lowest BCUT2D eigenvalue weighted by atomic mass is 9.86. The number of fused-ring (bicyclic) bond motifs is 2. The van der Waals surface area contributed by atoms with Crippen LogP contribution < -0.4 is 14.4 Å². The summed E-state index contributed by atoms with van der Waals surface area (Å²) in [5.41, 5.74) is 2.75. The van der Waals surface area contributed by atoms with E-state index in [4.69, 9.17) is 14.5 Å². The van der Waals surface area contributed by atoms with Gasteiger partial charge >= 0.3 is 0 Å². The van der Waals surface area contributed by atoms with Gasteiger partial charge in [-0.2, -0.15) is 0 Å². The summed E-state index contributed by atoms with van der Waals surface area (Å²) in [4.78, 5) is 22.3. The van der Waals surface area contributed by atoms with E-state index in [0.717, 1.165) is 28.9 Å². The highest BCUT2D eigenvalue weighted by Gasteiger charge is 2.23. The quantitative estimate of drug-likeness (QED) is 0.465. The molecule has 1 aliphatic rings. The number of halogens is 1. The lowest BCUT2D eigenvalue weighted by Gasteiger charge is -2.22. The van der Waals surface area contributed by atoms with E-state index in [9.17, 15) is 4.79 Å². The molecule has 33 heavy (non-hydrogen) atoms. The molecule has 1 aliphatic heterocycles. The molecule has 0 saturated heterocycles. The van der Waals surface area contributed by atoms with Crippen molar-refractivity contribution in [3.05, 3.63) is 47.5 Å². The normalized spacial score (nSPS) is 13.2. The van der Waals surface area contributed by atoms with Crippen LogP contribution in [0.5, 0.6) is 11.5 Å². The molecule has 0 fully saturated rings. The van der Waals surface area contributed by atoms with Gasteiger partial charge in [0.1, 0.15) is 13.2 Å². The molecule has 0 N–H and O–H groups in total. The second kappa shape index (κ2) is 10.3. The lowest BCUT2D eigenvalue weighted by Crippen LogP contribution is -2.33. The van der Waals surface area contributed by atoms with E-state index in [1.54, 1.807) is 4.90 Å². The van der Waals surface area contributed by atoms with Crippen LogP contribution >= 0.6 is 23.7 Å². The van der Waals surface area contributed by atoms with E-state index in [0.29, 0.717) is 36.2 Å². The van der Waals surface area contributed by atoms with Crippen LogP contribution in [0.25, 0.3) is 10.2 Å². The van der Waals surface area contributed by atoms with E-state index < -0.39 is 0 Å². The molecule has 8 heteroatoms. The zero-order valence-electron chi connectivity index (χ0n) is 19.9. The molecule has 4 rings (SSSR count). The smallest absolute Gasteiger partial charge is 0.260 e. The topological polar surface area (TPSA) is 54.9 Å². The summed E-state index contributed by atoms with van der Waals surface area (Å²) in [6.07, 6.45) is 0.859. The maximum absolute atomic E-state index is 13.5. The molecule has 2 heterocycles. The summed E-state index contributed by atoms with van der Waals surface area (Å²) in [5, 5.41) is 0.700. The number of rotatable bonds is 6. The number of thiazole rings is 1. The Morgan fingerprint density at radius 1 is 1.03 bits per heavy atom. The van der Waals surface area contributed by atoms with E-state index in [2.05, 4.69) is 25.7 Å². The Labute approximate surface area is 205 Å². The maximum atomic E-state index is 13.5. The predicted molar refractivity (Wildman–Crippen MR) is 138 cm³/mol. The molecule has 0 atom stereocenters. The van der Waals surface area contributed by atoms with Gasteiger partial charge in [-0.15, -0.1) is 12.4 Å². The number of nitrogens with zero attached hydrogens (tertiary/aromatic N) is 3. The fraction of sp³-hybridized carbons (Fsp3) is 0.440. The van der Waals surface area contributed by atoms with Crippen molar-refractivity contribution in [3.63, 3.8) is 0 Å². The molecule has 0 spiro atoms. The van der Waals surface area contributed by atoms with Gasteiger partial charge in [0.05, 0.1) is 10.2 Å². The number of hydrogen-bond donors (Lipinski definition) is 0. The van der Waals surface area contributed by atoms with E-state index in [-0.39, 0.29) is 23.7 Å². The molecule has 0 unspecified atom stereocenters. The van der Waals surface area contributed by atoms with Crippen molar-refractivity contribution in [2.24, 2.45) is 0 Å². The number of amides is 1. The van der Waals surface area contributed by atoms with Gasteiger partial charge in [-0.25, -0.2) is 4.98 Å². The van der Waals surface area contributed by atoms with Crippen LogP contribution in [0.1, 0.15) is 43.1 Å². The third-order valence-electron chi connectivity index (χ3n) is 5.50. The summed E-state index contributed by atoms with van der Waals surface area (Å²) in [7, 11) is 4.08. The highest BCUT2D eigenvalue weighted by Crippen LogP contribution is 2.39. The minimum Gasteiger partial charge on any atom is -0.486 e. The van der Waals surface area contributed by atoms with Gasteiger partial charge in [0.2, 0.25) is 0 Å². The first kappa shape index (κ1) is 25.3. The van der Waals surface area contributed by atoms with Crippen molar-refractivity contribution in [1.82, 2.24) is 9.88 Å². The van der Waals surface area contributed by atoms with Gasteiger partial charge < -0.3 is 14.4 Å². The minimum absolute atomic E-state index is 0.